The Hall–Kier alpha value is -2.44. The average Bonchev–Trinajstić information content (AvgIpc) is 3.09. The summed E-state index contributed by atoms with van der Waals surface area (Å²) in [7, 11) is 0. The van der Waals surface area contributed by atoms with Crippen molar-refractivity contribution in [3.63, 3.8) is 0 Å². The number of rotatable bonds is 3. The molecule has 1 saturated heterocycles. The van der Waals surface area contributed by atoms with Crippen LogP contribution in [0.25, 0.3) is 0 Å². The molecule has 1 aromatic rings. The van der Waals surface area contributed by atoms with Crippen molar-refractivity contribution in [2.24, 2.45) is 23.7 Å². The highest BCUT2D eigenvalue weighted by Crippen LogP contribution is 2.57. The van der Waals surface area contributed by atoms with Gasteiger partial charge in [0.2, 0.25) is 5.91 Å². The molecule has 0 radical (unpaired) electrons. The summed E-state index contributed by atoms with van der Waals surface area (Å²) in [5.74, 6) is -0.717. The summed E-state index contributed by atoms with van der Waals surface area (Å²) in [4.78, 5) is 34.5. The highest BCUT2D eigenvalue weighted by Gasteiger charge is 2.63. The molecule has 114 valence electrons. The van der Waals surface area contributed by atoms with Crippen LogP contribution >= 0.6 is 0 Å². The van der Waals surface area contributed by atoms with Crippen LogP contribution in [0, 0.1) is 33.8 Å². The number of nitrogens with one attached hydrogen (secondary N) is 1. The third kappa shape index (κ3) is 1.81. The van der Waals surface area contributed by atoms with Crippen molar-refractivity contribution in [1.82, 2.24) is 0 Å². The number of anilines is 1. The second kappa shape index (κ2) is 4.53. The van der Waals surface area contributed by atoms with Gasteiger partial charge in [0.1, 0.15) is 6.10 Å². The lowest BCUT2D eigenvalue weighted by Gasteiger charge is -2.23. The molecule has 0 aromatic heterocycles. The van der Waals surface area contributed by atoms with E-state index in [0.29, 0.717) is 5.69 Å². The van der Waals surface area contributed by atoms with E-state index in [2.05, 4.69) is 5.32 Å². The first kappa shape index (κ1) is 13.2. The van der Waals surface area contributed by atoms with Crippen LogP contribution in [0.2, 0.25) is 0 Å². The normalized spacial score (nSPS) is 34.5. The van der Waals surface area contributed by atoms with Crippen LogP contribution in [0.4, 0.5) is 11.4 Å². The second-order valence-electron chi connectivity index (χ2n) is 6.22. The third-order valence-electron chi connectivity index (χ3n) is 5.13. The average molecular weight is 302 g/mol. The fraction of sp³-hybridized carbons (Fsp3) is 0.467. The van der Waals surface area contributed by atoms with Crippen molar-refractivity contribution >= 4 is 23.3 Å². The van der Waals surface area contributed by atoms with E-state index >= 15 is 0 Å². The molecular formula is C15H14N2O5. The number of nitrogens with zero attached hydrogens (tertiary/aromatic N) is 1. The SMILES string of the molecule is O=C1O[C@H]2C[C@@H]3C[C@H]2[C@@H]1[C@H]3C(=O)Nc1ccc([N+](=O)[O-])cc1. The maximum atomic E-state index is 12.5. The monoisotopic (exact) mass is 302 g/mol. The molecule has 2 aliphatic carbocycles. The molecule has 2 bridgehead atoms. The molecule has 3 fully saturated rings. The lowest BCUT2D eigenvalue weighted by atomic mass is 9.79. The van der Waals surface area contributed by atoms with Crippen LogP contribution < -0.4 is 5.32 Å². The lowest BCUT2D eigenvalue weighted by Crippen LogP contribution is -2.35. The van der Waals surface area contributed by atoms with Gasteiger partial charge in [-0.3, -0.25) is 19.7 Å². The van der Waals surface area contributed by atoms with Gasteiger partial charge in [-0.25, -0.2) is 0 Å². The number of hydrogen-bond donors (Lipinski definition) is 1. The maximum Gasteiger partial charge on any atom is 0.310 e. The topological polar surface area (TPSA) is 98.5 Å². The van der Waals surface area contributed by atoms with Crippen LogP contribution in [0.1, 0.15) is 12.8 Å². The number of amides is 1. The minimum absolute atomic E-state index is 0.00549. The minimum Gasteiger partial charge on any atom is -0.462 e. The molecule has 1 aliphatic heterocycles. The van der Waals surface area contributed by atoms with Crippen LogP contribution in [0.15, 0.2) is 24.3 Å². The summed E-state index contributed by atoms with van der Waals surface area (Å²) in [6.07, 6.45) is 1.65. The molecule has 7 heteroatoms. The van der Waals surface area contributed by atoms with E-state index in [-0.39, 0.29) is 47.3 Å². The lowest BCUT2D eigenvalue weighted by molar-refractivity contribution is -0.384. The zero-order valence-corrected chi connectivity index (χ0v) is 11.6. The Labute approximate surface area is 125 Å². The molecule has 5 atom stereocenters. The Kier molecular flexibility index (Phi) is 2.72. The number of carbonyl (C=O) groups excluding carboxylic acids is 2. The van der Waals surface area contributed by atoms with Crippen molar-refractivity contribution in [2.45, 2.75) is 18.9 Å². The van der Waals surface area contributed by atoms with Crippen molar-refractivity contribution in [1.29, 1.82) is 0 Å². The first-order valence-electron chi connectivity index (χ1n) is 7.30. The second-order valence-corrected chi connectivity index (χ2v) is 6.22. The highest BCUT2D eigenvalue weighted by atomic mass is 16.6. The van der Waals surface area contributed by atoms with E-state index in [1.807, 2.05) is 0 Å². The number of non-ortho nitro benzene ring substituents is 1. The van der Waals surface area contributed by atoms with E-state index in [9.17, 15) is 19.7 Å². The molecule has 1 aromatic carbocycles. The van der Waals surface area contributed by atoms with E-state index in [0.717, 1.165) is 12.8 Å². The summed E-state index contributed by atoms with van der Waals surface area (Å²) >= 11 is 0. The molecule has 3 aliphatic rings. The largest absolute Gasteiger partial charge is 0.462 e. The van der Waals surface area contributed by atoms with Crippen LogP contribution in [-0.2, 0) is 14.3 Å². The van der Waals surface area contributed by atoms with E-state index in [1.165, 1.54) is 24.3 Å². The zero-order valence-electron chi connectivity index (χ0n) is 11.6. The predicted molar refractivity (Wildman–Crippen MR) is 74.8 cm³/mol. The van der Waals surface area contributed by atoms with Crippen molar-refractivity contribution in [2.75, 3.05) is 5.32 Å². The molecule has 0 unspecified atom stereocenters. The van der Waals surface area contributed by atoms with Gasteiger partial charge in [-0.15, -0.1) is 0 Å². The van der Waals surface area contributed by atoms with E-state index in [1.54, 1.807) is 0 Å². The predicted octanol–water partition coefficient (Wildman–Crippen LogP) is 1.73. The number of ether oxygens (including phenoxy) is 1. The molecule has 22 heavy (non-hydrogen) atoms. The van der Waals surface area contributed by atoms with Gasteiger partial charge in [-0.2, -0.15) is 0 Å². The molecular weight excluding hydrogens is 288 g/mol. The van der Waals surface area contributed by atoms with Gasteiger partial charge in [-0.1, -0.05) is 0 Å². The summed E-state index contributed by atoms with van der Waals surface area (Å²) in [6.45, 7) is 0. The fourth-order valence-corrected chi connectivity index (χ4v) is 4.26. The number of fused-ring (bicyclic) bond motifs is 1. The zero-order chi connectivity index (χ0) is 15.4. The van der Waals surface area contributed by atoms with Gasteiger partial charge in [-0.05, 0) is 30.9 Å². The Balaban J connectivity index is 1.51. The van der Waals surface area contributed by atoms with Gasteiger partial charge in [0.15, 0.2) is 0 Å². The molecule has 2 saturated carbocycles. The summed E-state index contributed by atoms with van der Waals surface area (Å²) < 4.78 is 5.32. The number of benzene rings is 1. The van der Waals surface area contributed by atoms with E-state index in [4.69, 9.17) is 4.74 Å². The highest BCUT2D eigenvalue weighted by molar-refractivity contribution is 5.97. The molecule has 4 rings (SSSR count). The van der Waals surface area contributed by atoms with Gasteiger partial charge >= 0.3 is 5.97 Å². The number of nitro groups is 1. The molecule has 7 nitrogen and oxygen atoms in total. The molecule has 1 N–H and O–H groups in total. The standard InChI is InChI=1S/C15H14N2O5/c18-14(16-8-1-3-9(4-2-8)17(20)21)12-7-5-10-11(6-7)22-15(19)13(10)12/h1-4,7,10-13H,5-6H2,(H,16,18)/t7-,10+,11-,12-,13+/m0/s1. The number of nitro benzene ring substituents is 1. The Morgan fingerprint density at radius 2 is 2.00 bits per heavy atom. The number of carbonyl (C=O) groups is 2. The van der Waals surface area contributed by atoms with Crippen LogP contribution in [0.5, 0.6) is 0 Å². The van der Waals surface area contributed by atoms with E-state index < -0.39 is 4.92 Å². The van der Waals surface area contributed by atoms with Gasteiger partial charge in [0, 0.05) is 23.7 Å². The van der Waals surface area contributed by atoms with Gasteiger partial charge in [0.25, 0.3) is 5.69 Å². The fourth-order valence-electron chi connectivity index (χ4n) is 4.26. The maximum absolute atomic E-state index is 12.5. The van der Waals surface area contributed by atoms with Gasteiger partial charge in [0.05, 0.1) is 16.8 Å². The Bertz CT molecular complexity index is 669. The molecule has 1 heterocycles. The minimum atomic E-state index is -0.490. The number of esters is 1. The van der Waals surface area contributed by atoms with Crippen molar-refractivity contribution in [3.05, 3.63) is 34.4 Å². The Morgan fingerprint density at radius 3 is 2.68 bits per heavy atom. The summed E-state index contributed by atoms with van der Waals surface area (Å²) in [5, 5.41) is 13.4. The van der Waals surface area contributed by atoms with Gasteiger partial charge < -0.3 is 10.1 Å². The van der Waals surface area contributed by atoms with Crippen LogP contribution in [0.3, 0.4) is 0 Å². The van der Waals surface area contributed by atoms with Crippen LogP contribution in [-0.4, -0.2) is 22.9 Å². The quantitative estimate of drug-likeness (QED) is 0.521. The molecule has 1 amide bonds. The van der Waals surface area contributed by atoms with Crippen molar-refractivity contribution in [3.8, 4) is 0 Å². The number of hydrogen-bond acceptors (Lipinski definition) is 5. The summed E-state index contributed by atoms with van der Waals surface area (Å²) in [5.41, 5.74) is 0.474. The first-order valence-corrected chi connectivity index (χ1v) is 7.30. The first-order chi connectivity index (χ1) is 10.5. The smallest absolute Gasteiger partial charge is 0.310 e. The summed E-state index contributed by atoms with van der Waals surface area (Å²) in [6, 6.07) is 5.69. The van der Waals surface area contributed by atoms with Crippen molar-refractivity contribution < 1.29 is 19.2 Å². The Morgan fingerprint density at radius 1 is 1.27 bits per heavy atom. The molecule has 0 spiro atoms. The third-order valence-corrected chi connectivity index (χ3v) is 5.13.